The zero-order valence-electron chi connectivity index (χ0n) is 18.1. The lowest BCUT2D eigenvalue weighted by atomic mass is 9.92. The average molecular weight is 411 g/mol. The highest BCUT2D eigenvalue weighted by Crippen LogP contribution is 2.38. The summed E-state index contributed by atoms with van der Waals surface area (Å²) in [5.74, 6) is 1.31. The Labute approximate surface area is 181 Å². The van der Waals surface area contributed by atoms with E-state index in [4.69, 9.17) is 4.74 Å². The molecular weight excluding hydrogens is 384 g/mol. The third kappa shape index (κ3) is 3.59. The van der Waals surface area contributed by atoms with Gasteiger partial charge in [0.2, 0.25) is 0 Å². The summed E-state index contributed by atoms with van der Waals surface area (Å²) in [5, 5.41) is 0. The molecule has 1 aliphatic rings. The fourth-order valence-corrected chi connectivity index (χ4v) is 4.32. The fourth-order valence-electron chi connectivity index (χ4n) is 4.32. The van der Waals surface area contributed by atoms with E-state index in [1.54, 1.807) is 0 Å². The van der Waals surface area contributed by atoms with Crippen molar-refractivity contribution < 1.29 is 4.74 Å². The van der Waals surface area contributed by atoms with Crippen molar-refractivity contribution >= 4 is 22.7 Å². The molecule has 0 saturated heterocycles. The number of nitrogens with zero attached hydrogens (tertiary/aromatic N) is 1. The number of hydrogen-bond acceptors (Lipinski definition) is 2. The average Bonchev–Trinajstić information content (AvgIpc) is 2.96. The van der Waals surface area contributed by atoms with Crippen LogP contribution < -0.4 is 10.4 Å². The third-order valence-corrected chi connectivity index (χ3v) is 5.77. The second-order valence-electron chi connectivity index (χ2n) is 8.71. The summed E-state index contributed by atoms with van der Waals surface area (Å²) < 4.78 is 7.98. The number of ether oxygens (including phenoxy) is 1. The van der Waals surface area contributed by atoms with Crippen LogP contribution >= 0.6 is 0 Å². The van der Waals surface area contributed by atoms with Crippen molar-refractivity contribution in [3.05, 3.63) is 99.0 Å². The van der Waals surface area contributed by atoms with Gasteiger partial charge in [0, 0.05) is 12.1 Å². The number of imidazole rings is 1. The van der Waals surface area contributed by atoms with Gasteiger partial charge in [0.25, 0.3) is 0 Å². The molecular formula is C27H26N2O2. The lowest BCUT2D eigenvalue weighted by Crippen LogP contribution is -2.19. The quantitative estimate of drug-likeness (QED) is 0.466. The SMILES string of the molecule is Cc1ccc2c(c1)OCc1ccccc1C2=Cc1ccc2c(c1)[nH]c(=O)n2CC(C)C. The van der Waals surface area contributed by atoms with Crippen LogP contribution in [0.15, 0.2) is 65.5 Å². The van der Waals surface area contributed by atoms with E-state index in [0.717, 1.165) is 33.5 Å². The summed E-state index contributed by atoms with van der Waals surface area (Å²) in [4.78, 5) is 15.5. The second-order valence-corrected chi connectivity index (χ2v) is 8.71. The van der Waals surface area contributed by atoms with Crippen LogP contribution in [-0.4, -0.2) is 9.55 Å². The standard InChI is InChI=1S/C27H26N2O2/c1-17(2)15-29-25-11-9-19(14-24(25)28-27(29)30)13-23-21-7-5-4-6-20(21)16-31-26-12-18(3)8-10-22(23)26/h4-14,17H,15-16H2,1-3H3,(H,28,30). The van der Waals surface area contributed by atoms with E-state index in [2.05, 4.69) is 86.4 Å². The van der Waals surface area contributed by atoms with Crippen LogP contribution in [-0.2, 0) is 13.2 Å². The van der Waals surface area contributed by atoms with Crippen molar-refractivity contribution in [3.8, 4) is 5.75 Å². The maximum absolute atomic E-state index is 12.5. The van der Waals surface area contributed by atoms with E-state index in [-0.39, 0.29) is 5.69 Å². The van der Waals surface area contributed by atoms with E-state index in [1.807, 2.05) is 10.6 Å². The molecule has 4 aromatic rings. The van der Waals surface area contributed by atoms with Gasteiger partial charge in [0.1, 0.15) is 12.4 Å². The topological polar surface area (TPSA) is 47.0 Å². The highest BCUT2D eigenvalue weighted by molar-refractivity contribution is 5.95. The Morgan fingerprint density at radius 3 is 2.74 bits per heavy atom. The van der Waals surface area contributed by atoms with Crippen molar-refractivity contribution in [1.82, 2.24) is 9.55 Å². The number of hydrogen-bond donors (Lipinski definition) is 1. The minimum Gasteiger partial charge on any atom is -0.488 e. The van der Waals surface area contributed by atoms with Crippen molar-refractivity contribution in [2.24, 2.45) is 5.92 Å². The number of aromatic amines is 1. The van der Waals surface area contributed by atoms with Gasteiger partial charge in [-0.1, -0.05) is 56.3 Å². The number of H-pyrrole nitrogens is 1. The van der Waals surface area contributed by atoms with Gasteiger partial charge in [0.05, 0.1) is 11.0 Å². The zero-order valence-corrected chi connectivity index (χ0v) is 18.1. The van der Waals surface area contributed by atoms with Gasteiger partial charge in [-0.25, -0.2) is 4.79 Å². The molecule has 3 aromatic carbocycles. The molecule has 2 heterocycles. The summed E-state index contributed by atoms with van der Waals surface area (Å²) in [6.45, 7) is 7.58. The van der Waals surface area contributed by atoms with E-state index < -0.39 is 0 Å². The molecule has 4 nitrogen and oxygen atoms in total. The molecule has 0 bridgehead atoms. The smallest absolute Gasteiger partial charge is 0.326 e. The maximum Gasteiger partial charge on any atom is 0.326 e. The molecule has 0 saturated carbocycles. The molecule has 5 rings (SSSR count). The van der Waals surface area contributed by atoms with Gasteiger partial charge in [0.15, 0.2) is 0 Å². The second kappa shape index (κ2) is 7.62. The van der Waals surface area contributed by atoms with Crippen LogP contribution in [0.3, 0.4) is 0 Å². The van der Waals surface area contributed by atoms with Crippen LogP contribution in [0.4, 0.5) is 0 Å². The number of aryl methyl sites for hydroxylation is 1. The first-order valence-electron chi connectivity index (χ1n) is 10.8. The maximum atomic E-state index is 12.5. The highest BCUT2D eigenvalue weighted by atomic mass is 16.5. The van der Waals surface area contributed by atoms with Gasteiger partial charge in [-0.05, 0) is 64.9 Å². The molecule has 1 aromatic heterocycles. The van der Waals surface area contributed by atoms with Crippen molar-refractivity contribution in [2.45, 2.75) is 33.9 Å². The van der Waals surface area contributed by atoms with E-state index in [9.17, 15) is 4.79 Å². The number of benzene rings is 3. The van der Waals surface area contributed by atoms with Crippen LogP contribution in [0.1, 0.15) is 41.7 Å². The van der Waals surface area contributed by atoms with E-state index >= 15 is 0 Å². The molecule has 0 radical (unpaired) electrons. The molecule has 0 amide bonds. The molecule has 4 heteroatoms. The van der Waals surface area contributed by atoms with Gasteiger partial charge in [-0.3, -0.25) is 4.57 Å². The Kier molecular flexibility index (Phi) is 4.78. The zero-order chi connectivity index (χ0) is 21.5. The van der Waals surface area contributed by atoms with Crippen molar-refractivity contribution in [2.75, 3.05) is 0 Å². The minimum atomic E-state index is -0.0532. The lowest BCUT2D eigenvalue weighted by molar-refractivity contribution is 0.307. The van der Waals surface area contributed by atoms with Crippen LogP contribution in [0, 0.1) is 12.8 Å². The first kappa shape index (κ1) is 19.4. The molecule has 0 spiro atoms. The first-order chi connectivity index (χ1) is 15.0. The third-order valence-electron chi connectivity index (χ3n) is 5.77. The number of fused-ring (bicyclic) bond motifs is 3. The number of aromatic nitrogens is 2. The Hall–Kier alpha value is -3.53. The molecule has 31 heavy (non-hydrogen) atoms. The fraction of sp³-hybridized carbons (Fsp3) is 0.222. The van der Waals surface area contributed by atoms with Crippen LogP contribution in [0.2, 0.25) is 0 Å². The Morgan fingerprint density at radius 2 is 1.90 bits per heavy atom. The largest absolute Gasteiger partial charge is 0.488 e. The van der Waals surface area contributed by atoms with Crippen LogP contribution in [0.5, 0.6) is 5.75 Å². The number of nitrogens with one attached hydrogen (secondary N) is 1. The van der Waals surface area contributed by atoms with Crippen molar-refractivity contribution in [1.29, 1.82) is 0 Å². The normalized spacial score (nSPS) is 14.4. The Morgan fingerprint density at radius 1 is 1.06 bits per heavy atom. The molecule has 0 aliphatic carbocycles. The molecule has 156 valence electrons. The summed E-state index contributed by atoms with van der Waals surface area (Å²) in [7, 11) is 0. The summed E-state index contributed by atoms with van der Waals surface area (Å²) in [5.41, 5.74) is 8.54. The van der Waals surface area contributed by atoms with Gasteiger partial charge in [-0.2, -0.15) is 0 Å². The predicted octanol–water partition coefficient (Wildman–Crippen LogP) is 5.78. The Balaban J connectivity index is 1.68. The highest BCUT2D eigenvalue weighted by Gasteiger charge is 2.19. The monoisotopic (exact) mass is 410 g/mol. The molecule has 1 N–H and O–H groups in total. The van der Waals surface area contributed by atoms with Gasteiger partial charge >= 0.3 is 5.69 Å². The van der Waals surface area contributed by atoms with E-state index in [1.165, 1.54) is 16.7 Å². The molecule has 0 atom stereocenters. The number of rotatable bonds is 3. The molecule has 1 aliphatic heterocycles. The van der Waals surface area contributed by atoms with Gasteiger partial charge < -0.3 is 9.72 Å². The van der Waals surface area contributed by atoms with E-state index in [0.29, 0.717) is 19.1 Å². The Bertz CT molecular complexity index is 1370. The lowest BCUT2D eigenvalue weighted by Gasteiger charge is -2.11. The van der Waals surface area contributed by atoms with Crippen molar-refractivity contribution in [3.63, 3.8) is 0 Å². The minimum absolute atomic E-state index is 0.0532. The predicted molar refractivity (Wildman–Crippen MR) is 126 cm³/mol. The summed E-state index contributed by atoms with van der Waals surface area (Å²) in [6, 6.07) is 20.9. The first-order valence-corrected chi connectivity index (χ1v) is 10.8. The van der Waals surface area contributed by atoms with Crippen LogP contribution in [0.25, 0.3) is 22.7 Å². The summed E-state index contributed by atoms with van der Waals surface area (Å²) >= 11 is 0. The molecule has 0 fully saturated rings. The van der Waals surface area contributed by atoms with Gasteiger partial charge in [-0.15, -0.1) is 0 Å². The molecule has 0 unspecified atom stereocenters. The summed E-state index contributed by atoms with van der Waals surface area (Å²) in [6.07, 6.45) is 2.19.